The number of pyridine rings is 1. The Morgan fingerprint density at radius 1 is 1.04 bits per heavy atom. The van der Waals surface area contributed by atoms with E-state index in [4.69, 9.17) is 9.47 Å². The van der Waals surface area contributed by atoms with Crippen LogP contribution in [0.1, 0.15) is 11.3 Å². The molecule has 0 radical (unpaired) electrons. The molecule has 0 bridgehead atoms. The van der Waals surface area contributed by atoms with E-state index >= 15 is 0 Å². The molecule has 2 heterocycles. The van der Waals surface area contributed by atoms with Gasteiger partial charge in [0.05, 0.1) is 20.4 Å². The number of aromatic nitrogens is 4. The molecule has 3 rings (SSSR count). The predicted molar refractivity (Wildman–Crippen MR) is 96.8 cm³/mol. The first-order valence-corrected chi connectivity index (χ1v) is 7.77. The molecule has 0 fully saturated rings. The Labute approximate surface area is 149 Å². The van der Waals surface area contributed by atoms with E-state index in [0.29, 0.717) is 22.9 Å². The van der Waals surface area contributed by atoms with Gasteiger partial charge in [0.2, 0.25) is 0 Å². The maximum absolute atomic E-state index is 12.5. The largest absolute Gasteiger partial charge is 0.493 e. The summed E-state index contributed by atoms with van der Waals surface area (Å²) in [5, 5.41) is 12.3. The van der Waals surface area contributed by atoms with E-state index in [1.54, 1.807) is 64.0 Å². The van der Waals surface area contributed by atoms with E-state index in [1.165, 1.54) is 4.68 Å². The second kappa shape index (κ2) is 7.56. The number of nitrogens with zero attached hydrogens (tertiary/aromatic N) is 5. The number of hydrogen-bond donors (Lipinski definition) is 0. The van der Waals surface area contributed by atoms with Gasteiger partial charge in [0.1, 0.15) is 5.69 Å². The van der Waals surface area contributed by atoms with E-state index in [-0.39, 0.29) is 11.3 Å². The summed E-state index contributed by atoms with van der Waals surface area (Å²) in [5.74, 6) is 1.52. The smallest absolute Gasteiger partial charge is 0.296 e. The van der Waals surface area contributed by atoms with Gasteiger partial charge in [0.15, 0.2) is 17.3 Å². The monoisotopic (exact) mass is 351 g/mol. The van der Waals surface area contributed by atoms with E-state index < -0.39 is 0 Å². The highest BCUT2D eigenvalue weighted by molar-refractivity contribution is 5.81. The first-order chi connectivity index (χ1) is 12.6. The summed E-state index contributed by atoms with van der Waals surface area (Å²) >= 11 is 0. The second-order valence-corrected chi connectivity index (χ2v) is 5.32. The first-order valence-electron chi connectivity index (χ1n) is 7.77. The minimum atomic E-state index is -0.344. The number of ether oxygens (including phenoxy) is 2. The lowest BCUT2D eigenvalue weighted by atomic mass is 10.2. The van der Waals surface area contributed by atoms with Gasteiger partial charge in [0, 0.05) is 18.0 Å². The molecule has 0 spiro atoms. The van der Waals surface area contributed by atoms with Crippen molar-refractivity contribution in [2.24, 2.45) is 5.10 Å². The lowest BCUT2D eigenvalue weighted by Crippen LogP contribution is -2.24. The standard InChI is InChI=1S/C18H17N5O3/c1-12-18(24)23(17(22-21-12)14-6-8-19-9-7-14)20-11-13-4-5-15(25-2)16(10-13)26-3/h4-11H,1-3H3. The van der Waals surface area contributed by atoms with Gasteiger partial charge >= 0.3 is 0 Å². The van der Waals surface area contributed by atoms with Crippen molar-refractivity contribution in [1.29, 1.82) is 0 Å². The molecule has 0 aliphatic heterocycles. The molecule has 132 valence electrons. The Morgan fingerprint density at radius 3 is 2.46 bits per heavy atom. The van der Waals surface area contributed by atoms with Crippen LogP contribution in [0.25, 0.3) is 11.4 Å². The molecule has 26 heavy (non-hydrogen) atoms. The zero-order valence-corrected chi connectivity index (χ0v) is 14.6. The van der Waals surface area contributed by atoms with E-state index in [9.17, 15) is 4.79 Å². The molecule has 8 heteroatoms. The average Bonchev–Trinajstić information content (AvgIpc) is 2.69. The van der Waals surface area contributed by atoms with Crippen molar-refractivity contribution in [1.82, 2.24) is 19.9 Å². The fraction of sp³-hybridized carbons (Fsp3) is 0.167. The third-order valence-corrected chi connectivity index (χ3v) is 3.67. The van der Waals surface area contributed by atoms with Gasteiger partial charge in [-0.2, -0.15) is 9.78 Å². The normalized spacial score (nSPS) is 10.9. The number of benzene rings is 1. The van der Waals surface area contributed by atoms with Gasteiger partial charge in [-0.15, -0.1) is 10.2 Å². The summed E-state index contributed by atoms with van der Waals surface area (Å²) in [6, 6.07) is 8.82. The van der Waals surface area contributed by atoms with Crippen molar-refractivity contribution in [3.63, 3.8) is 0 Å². The quantitative estimate of drug-likeness (QED) is 0.652. The van der Waals surface area contributed by atoms with Crippen LogP contribution in [0.15, 0.2) is 52.6 Å². The Bertz CT molecular complexity index is 999. The summed E-state index contributed by atoms with van der Waals surface area (Å²) in [4.78, 5) is 16.5. The average molecular weight is 351 g/mol. The highest BCUT2D eigenvalue weighted by atomic mass is 16.5. The number of aryl methyl sites for hydroxylation is 1. The summed E-state index contributed by atoms with van der Waals surface area (Å²) < 4.78 is 11.7. The SMILES string of the molecule is COc1ccc(C=Nn2c(-c3ccncc3)nnc(C)c2=O)cc1OC. The Hall–Kier alpha value is -3.55. The summed E-state index contributed by atoms with van der Waals surface area (Å²) in [6.07, 6.45) is 4.78. The van der Waals surface area contributed by atoms with Crippen molar-refractivity contribution in [2.45, 2.75) is 6.92 Å². The van der Waals surface area contributed by atoms with Crippen LogP contribution in [-0.4, -0.2) is 40.3 Å². The predicted octanol–water partition coefficient (Wildman–Crippen LogP) is 1.91. The molecule has 1 aromatic carbocycles. The van der Waals surface area contributed by atoms with E-state index in [0.717, 1.165) is 5.56 Å². The molecule has 3 aromatic rings. The van der Waals surface area contributed by atoms with Crippen LogP contribution in [0.4, 0.5) is 0 Å². The number of methoxy groups -OCH3 is 2. The second-order valence-electron chi connectivity index (χ2n) is 5.32. The van der Waals surface area contributed by atoms with Gasteiger partial charge in [-0.1, -0.05) is 0 Å². The molecule has 2 aromatic heterocycles. The summed E-state index contributed by atoms with van der Waals surface area (Å²) in [6.45, 7) is 1.59. The highest BCUT2D eigenvalue weighted by Gasteiger charge is 2.11. The zero-order valence-electron chi connectivity index (χ0n) is 14.6. The zero-order chi connectivity index (χ0) is 18.5. The third-order valence-electron chi connectivity index (χ3n) is 3.67. The number of rotatable bonds is 5. The molecular formula is C18H17N5O3. The lowest BCUT2D eigenvalue weighted by Gasteiger charge is -2.08. The summed E-state index contributed by atoms with van der Waals surface area (Å²) in [5.41, 5.74) is 1.34. The topological polar surface area (TPSA) is 91.5 Å². The Morgan fingerprint density at radius 2 is 1.77 bits per heavy atom. The van der Waals surface area contributed by atoms with Crippen molar-refractivity contribution in [2.75, 3.05) is 14.2 Å². The maximum atomic E-state index is 12.5. The minimum absolute atomic E-state index is 0.257. The fourth-order valence-corrected chi connectivity index (χ4v) is 2.30. The molecule has 0 aliphatic rings. The van der Waals surface area contributed by atoms with Gasteiger partial charge < -0.3 is 9.47 Å². The van der Waals surface area contributed by atoms with Gasteiger partial charge in [0.25, 0.3) is 5.56 Å². The molecular weight excluding hydrogens is 334 g/mol. The van der Waals surface area contributed by atoms with Crippen LogP contribution in [0, 0.1) is 6.92 Å². The molecule has 0 atom stereocenters. The van der Waals surface area contributed by atoms with Gasteiger partial charge in [-0.25, -0.2) is 0 Å². The highest BCUT2D eigenvalue weighted by Crippen LogP contribution is 2.26. The Kier molecular flexibility index (Phi) is 5.02. The molecule has 8 nitrogen and oxygen atoms in total. The molecule has 0 aliphatic carbocycles. The van der Waals surface area contributed by atoms with Gasteiger partial charge in [-0.05, 0) is 42.8 Å². The van der Waals surface area contributed by atoms with Crippen molar-refractivity contribution >= 4 is 6.21 Å². The first kappa shape index (κ1) is 17.3. The van der Waals surface area contributed by atoms with Crippen LogP contribution < -0.4 is 15.0 Å². The fourth-order valence-electron chi connectivity index (χ4n) is 2.30. The maximum Gasteiger partial charge on any atom is 0.296 e. The van der Waals surface area contributed by atoms with Crippen molar-refractivity contribution in [3.8, 4) is 22.9 Å². The minimum Gasteiger partial charge on any atom is -0.493 e. The molecule has 0 unspecified atom stereocenters. The van der Waals surface area contributed by atoms with Crippen LogP contribution in [-0.2, 0) is 0 Å². The van der Waals surface area contributed by atoms with Crippen LogP contribution in [0.5, 0.6) is 11.5 Å². The van der Waals surface area contributed by atoms with Crippen LogP contribution in [0.2, 0.25) is 0 Å². The number of hydrogen-bond acceptors (Lipinski definition) is 7. The molecule has 0 amide bonds. The van der Waals surface area contributed by atoms with Crippen molar-refractivity contribution in [3.05, 3.63) is 64.3 Å². The molecule has 0 saturated heterocycles. The lowest BCUT2D eigenvalue weighted by molar-refractivity contribution is 0.355. The van der Waals surface area contributed by atoms with Gasteiger partial charge in [-0.3, -0.25) is 9.78 Å². The Balaban J connectivity index is 2.06. The van der Waals surface area contributed by atoms with E-state index in [2.05, 4.69) is 20.3 Å². The molecule has 0 saturated carbocycles. The van der Waals surface area contributed by atoms with Crippen LogP contribution >= 0.6 is 0 Å². The van der Waals surface area contributed by atoms with Crippen molar-refractivity contribution < 1.29 is 9.47 Å². The third kappa shape index (κ3) is 3.44. The summed E-state index contributed by atoms with van der Waals surface area (Å²) in [7, 11) is 3.12. The van der Waals surface area contributed by atoms with E-state index in [1.807, 2.05) is 6.07 Å². The molecule has 0 N–H and O–H groups in total. The van der Waals surface area contributed by atoms with Crippen LogP contribution in [0.3, 0.4) is 0 Å².